The van der Waals surface area contributed by atoms with Crippen LogP contribution in [0.25, 0.3) is 10.6 Å². The van der Waals surface area contributed by atoms with Gasteiger partial charge in [0, 0.05) is 17.5 Å². The molecule has 7 heteroatoms. The number of ether oxygens (including phenoxy) is 2. The van der Waals surface area contributed by atoms with Gasteiger partial charge in [0.2, 0.25) is 5.91 Å². The Labute approximate surface area is 179 Å². The summed E-state index contributed by atoms with van der Waals surface area (Å²) in [6, 6.07) is 13.2. The summed E-state index contributed by atoms with van der Waals surface area (Å²) in [7, 11) is 1.61. The van der Waals surface area contributed by atoms with Gasteiger partial charge in [0.15, 0.2) is 11.5 Å². The zero-order valence-electron chi connectivity index (χ0n) is 16.4. The number of amides is 1. The van der Waals surface area contributed by atoms with E-state index in [4.69, 9.17) is 21.1 Å². The molecule has 1 aromatic heterocycles. The van der Waals surface area contributed by atoms with Crippen molar-refractivity contribution in [3.63, 3.8) is 0 Å². The first-order valence-electron chi connectivity index (χ1n) is 9.36. The SMILES string of the molecule is CCCOc1ccc(CNC(=O)Cc2csc(-c3ccccc3Cl)n2)cc1OC. The van der Waals surface area contributed by atoms with Crippen molar-refractivity contribution in [3.8, 4) is 22.1 Å². The first kappa shape index (κ1) is 21.1. The highest BCUT2D eigenvalue weighted by atomic mass is 35.5. The normalized spacial score (nSPS) is 10.6. The number of nitrogens with one attached hydrogen (secondary N) is 1. The number of rotatable bonds is 9. The number of hydrogen-bond donors (Lipinski definition) is 1. The standard InChI is InChI=1S/C22H23ClN2O3S/c1-3-10-28-19-9-8-15(11-20(19)27-2)13-24-21(26)12-16-14-29-22(25-16)17-6-4-5-7-18(17)23/h4-9,11,14H,3,10,12-13H2,1-2H3,(H,24,26). The lowest BCUT2D eigenvalue weighted by Crippen LogP contribution is -2.24. The minimum absolute atomic E-state index is 0.0914. The van der Waals surface area contributed by atoms with E-state index < -0.39 is 0 Å². The summed E-state index contributed by atoms with van der Waals surface area (Å²) in [5.41, 5.74) is 2.54. The summed E-state index contributed by atoms with van der Waals surface area (Å²) in [6.07, 6.45) is 1.14. The van der Waals surface area contributed by atoms with Gasteiger partial charge in [-0.2, -0.15) is 0 Å². The number of benzene rings is 2. The quantitative estimate of drug-likeness (QED) is 0.511. The third-order valence-corrected chi connectivity index (χ3v) is 5.43. The van der Waals surface area contributed by atoms with Gasteiger partial charge in [0.25, 0.3) is 0 Å². The van der Waals surface area contributed by atoms with Gasteiger partial charge in [-0.05, 0) is 30.2 Å². The van der Waals surface area contributed by atoms with Crippen molar-refractivity contribution in [2.24, 2.45) is 0 Å². The van der Waals surface area contributed by atoms with E-state index in [0.29, 0.717) is 29.7 Å². The maximum atomic E-state index is 12.3. The summed E-state index contributed by atoms with van der Waals surface area (Å²) in [6.45, 7) is 3.09. The molecule has 0 aliphatic heterocycles. The number of methoxy groups -OCH3 is 1. The number of carbonyl (C=O) groups is 1. The van der Waals surface area contributed by atoms with Crippen LogP contribution in [-0.4, -0.2) is 24.6 Å². The molecule has 3 aromatic rings. The molecule has 0 atom stereocenters. The number of aromatic nitrogens is 1. The fourth-order valence-electron chi connectivity index (χ4n) is 2.73. The average molecular weight is 431 g/mol. The largest absolute Gasteiger partial charge is 0.493 e. The van der Waals surface area contributed by atoms with Crippen molar-refractivity contribution in [1.82, 2.24) is 10.3 Å². The Hall–Kier alpha value is -2.57. The van der Waals surface area contributed by atoms with Gasteiger partial charge in [-0.15, -0.1) is 11.3 Å². The Morgan fingerprint density at radius 3 is 2.79 bits per heavy atom. The fourth-order valence-corrected chi connectivity index (χ4v) is 3.87. The molecular formula is C22H23ClN2O3S. The summed E-state index contributed by atoms with van der Waals surface area (Å²) in [4.78, 5) is 16.9. The Balaban J connectivity index is 1.57. The Morgan fingerprint density at radius 1 is 1.21 bits per heavy atom. The maximum Gasteiger partial charge on any atom is 0.226 e. The van der Waals surface area contributed by atoms with E-state index in [1.165, 1.54) is 11.3 Å². The van der Waals surface area contributed by atoms with E-state index >= 15 is 0 Å². The van der Waals surface area contributed by atoms with E-state index in [1.54, 1.807) is 7.11 Å². The number of thiazole rings is 1. The topological polar surface area (TPSA) is 60.5 Å². The van der Waals surface area contributed by atoms with Crippen LogP contribution in [-0.2, 0) is 17.8 Å². The van der Waals surface area contributed by atoms with Gasteiger partial charge in [-0.25, -0.2) is 4.98 Å². The molecule has 0 spiro atoms. The Morgan fingerprint density at radius 2 is 2.03 bits per heavy atom. The molecule has 1 heterocycles. The number of halogens is 1. The Kier molecular flexibility index (Phi) is 7.49. The molecule has 0 aliphatic carbocycles. The van der Waals surface area contributed by atoms with Crippen LogP contribution in [0.4, 0.5) is 0 Å². The van der Waals surface area contributed by atoms with Crippen molar-refractivity contribution < 1.29 is 14.3 Å². The van der Waals surface area contributed by atoms with Crippen LogP contribution in [0.3, 0.4) is 0 Å². The molecule has 1 N–H and O–H groups in total. The highest BCUT2D eigenvalue weighted by molar-refractivity contribution is 7.13. The summed E-state index contributed by atoms with van der Waals surface area (Å²) in [5.74, 6) is 1.28. The van der Waals surface area contributed by atoms with E-state index in [0.717, 1.165) is 28.2 Å². The predicted molar refractivity (Wildman–Crippen MR) is 117 cm³/mol. The van der Waals surface area contributed by atoms with Crippen molar-refractivity contribution in [1.29, 1.82) is 0 Å². The molecule has 29 heavy (non-hydrogen) atoms. The maximum absolute atomic E-state index is 12.3. The van der Waals surface area contributed by atoms with Crippen molar-refractivity contribution in [2.75, 3.05) is 13.7 Å². The highest BCUT2D eigenvalue weighted by Gasteiger charge is 2.12. The first-order valence-corrected chi connectivity index (χ1v) is 10.6. The minimum atomic E-state index is -0.0914. The summed E-state index contributed by atoms with van der Waals surface area (Å²) in [5, 5.41) is 6.28. The third kappa shape index (κ3) is 5.71. The van der Waals surface area contributed by atoms with Crippen LogP contribution in [0.2, 0.25) is 5.02 Å². The molecule has 0 bridgehead atoms. The van der Waals surface area contributed by atoms with Gasteiger partial charge < -0.3 is 14.8 Å². The van der Waals surface area contributed by atoms with Gasteiger partial charge in [-0.1, -0.05) is 42.8 Å². The highest BCUT2D eigenvalue weighted by Crippen LogP contribution is 2.30. The lowest BCUT2D eigenvalue weighted by atomic mass is 10.2. The van der Waals surface area contributed by atoms with Crippen LogP contribution in [0, 0.1) is 0 Å². The smallest absolute Gasteiger partial charge is 0.226 e. The molecule has 0 saturated carbocycles. The third-order valence-electron chi connectivity index (χ3n) is 4.18. The summed E-state index contributed by atoms with van der Waals surface area (Å²) < 4.78 is 11.0. The van der Waals surface area contributed by atoms with Crippen LogP contribution in [0.5, 0.6) is 11.5 Å². The molecule has 2 aromatic carbocycles. The van der Waals surface area contributed by atoms with E-state index in [1.807, 2.05) is 47.8 Å². The first-order chi connectivity index (χ1) is 14.1. The molecular weight excluding hydrogens is 408 g/mol. The Bertz CT molecular complexity index is 974. The average Bonchev–Trinajstić information content (AvgIpc) is 3.19. The van der Waals surface area contributed by atoms with E-state index in [9.17, 15) is 4.79 Å². The molecule has 0 unspecified atom stereocenters. The molecule has 0 aliphatic rings. The number of carbonyl (C=O) groups excluding carboxylic acids is 1. The molecule has 3 rings (SSSR count). The van der Waals surface area contributed by atoms with E-state index in [2.05, 4.69) is 17.2 Å². The molecule has 1 amide bonds. The van der Waals surface area contributed by atoms with Crippen LogP contribution in [0.15, 0.2) is 47.8 Å². The number of hydrogen-bond acceptors (Lipinski definition) is 5. The van der Waals surface area contributed by atoms with Crippen molar-refractivity contribution in [2.45, 2.75) is 26.3 Å². The fraction of sp³-hybridized carbons (Fsp3) is 0.273. The molecule has 5 nitrogen and oxygen atoms in total. The summed E-state index contributed by atoms with van der Waals surface area (Å²) >= 11 is 7.70. The molecule has 0 fully saturated rings. The van der Waals surface area contributed by atoms with Crippen LogP contribution >= 0.6 is 22.9 Å². The monoisotopic (exact) mass is 430 g/mol. The second-order valence-corrected chi connectivity index (χ2v) is 7.68. The van der Waals surface area contributed by atoms with Crippen LogP contribution in [0.1, 0.15) is 24.6 Å². The van der Waals surface area contributed by atoms with Crippen molar-refractivity contribution in [3.05, 3.63) is 64.1 Å². The zero-order valence-corrected chi connectivity index (χ0v) is 18.0. The predicted octanol–water partition coefficient (Wildman–Crippen LogP) is 5.12. The second-order valence-electron chi connectivity index (χ2n) is 6.41. The van der Waals surface area contributed by atoms with Crippen LogP contribution < -0.4 is 14.8 Å². The minimum Gasteiger partial charge on any atom is -0.493 e. The van der Waals surface area contributed by atoms with E-state index in [-0.39, 0.29) is 12.3 Å². The van der Waals surface area contributed by atoms with Crippen molar-refractivity contribution >= 4 is 28.8 Å². The lowest BCUT2D eigenvalue weighted by Gasteiger charge is -2.12. The molecule has 0 radical (unpaired) electrons. The van der Waals surface area contributed by atoms with Gasteiger partial charge in [0.05, 0.1) is 30.9 Å². The second kappa shape index (κ2) is 10.3. The lowest BCUT2D eigenvalue weighted by molar-refractivity contribution is -0.120. The molecule has 152 valence electrons. The number of nitrogens with zero attached hydrogens (tertiary/aromatic N) is 1. The van der Waals surface area contributed by atoms with Gasteiger partial charge >= 0.3 is 0 Å². The zero-order chi connectivity index (χ0) is 20.6. The van der Waals surface area contributed by atoms with Gasteiger partial charge in [-0.3, -0.25) is 4.79 Å². The van der Waals surface area contributed by atoms with Gasteiger partial charge in [0.1, 0.15) is 5.01 Å². The molecule has 0 saturated heterocycles.